The van der Waals surface area contributed by atoms with Crippen LogP contribution in [0.1, 0.15) is 18.9 Å². The topological polar surface area (TPSA) is 49.8 Å². The second kappa shape index (κ2) is 8.20. The van der Waals surface area contributed by atoms with Crippen molar-refractivity contribution < 1.29 is 14.6 Å². The zero-order valence-electron chi connectivity index (χ0n) is 12.7. The normalized spacial score (nSPS) is 10.6. The largest absolute Gasteiger partial charge is 0.480 e. The molecule has 22 heavy (non-hydrogen) atoms. The van der Waals surface area contributed by atoms with E-state index in [1.165, 1.54) is 0 Å². The molecule has 4 heteroatoms. The minimum atomic E-state index is -0.810. The van der Waals surface area contributed by atoms with Gasteiger partial charge in [-0.2, -0.15) is 0 Å². The molecule has 0 spiro atoms. The molecule has 0 saturated carbocycles. The lowest BCUT2D eigenvalue weighted by Gasteiger charge is -2.21. The lowest BCUT2D eigenvalue weighted by molar-refractivity contribution is -0.138. The SMILES string of the molecule is CCCN(CC(=O)O)Cc1ccccc1Oc1ccccc1. The molecule has 1 N–H and O–H groups in total. The van der Waals surface area contributed by atoms with Crippen LogP contribution in [0, 0.1) is 0 Å². The van der Waals surface area contributed by atoms with E-state index in [4.69, 9.17) is 9.84 Å². The third kappa shape index (κ3) is 4.90. The van der Waals surface area contributed by atoms with Crippen molar-refractivity contribution in [2.75, 3.05) is 13.1 Å². The molecular weight excluding hydrogens is 278 g/mol. The Kier molecular flexibility index (Phi) is 5.98. The Morgan fingerprint density at radius 1 is 1.09 bits per heavy atom. The summed E-state index contributed by atoms with van der Waals surface area (Å²) in [5.41, 5.74) is 0.987. The minimum absolute atomic E-state index is 0.0352. The Morgan fingerprint density at radius 2 is 1.77 bits per heavy atom. The molecule has 0 fully saturated rings. The van der Waals surface area contributed by atoms with Crippen LogP contribution in [0.4, 0.5) is 0 Å². The van der Waals surface area contributed by atoms with Gasteiger partial charge in [0, 0.05) is 12.1 Å². The number of carboxylic acids is 1. The van der Waals surface area contributed by atoms with Gasteiger partial charge in [-0.15, -0.1) is 0 Å². The summed E-state index contributed by atoms with van der Waals surface area (Å²) in [6.45, 7) is 3.38. The van der Waals surface area contributed by atoms with Crippen molar-refractivity contribution in [1.82, 2.24) is 4.90 Å². The van der Waals surface area contributed by atoms with E-state index in [1.54, 1.807) is 0 Å². The van der Waals surface area contributed by atoms with E-state index in [0.29, 0.717) is 6.54 Å². The Bertz CT molecular complexity index is 598. The van der Waals surface area contributed by atoms with Gasteiger partial charge in [0.05, 0.1) is 6.54 Å². The Labute approximate surface area is 131 Å². The highest BCUT2D eigenvalue weighted by atomic mass is 16.5. The molecule has 0 aliphatic rings. The second-order valence-electron chi connectivity index (χ2n) is 5.13. The summed E-state index contributed by atoms with van der Waals surface area (Å²) in [4.78, 5) is 12.9. The number of para-hydroxylation sites is 2. The molecule has 0 heterocycles. The summed E-state index contributed by atoms with van der Waals surface area (Å²) in [6.07, 6.45) is 0.912. The fourth-order valence-electron chi connectivity index (χ4n) is 2.31. The highest BCUT2D eigenvalue weighted by Crippen LogP contribution is 2.26. The number of aliphatic carboxylic acids is 1. The predicted molar refractivity (Wildman–Crippen MR) is 86.2 cm³/mol. The summed E-state index contributed by atoms with van der Waals surface area (Å²) in [5.74, 6) is 0.727. The van der Waals surface area contributed by atoms with E-state index >= 15 is 0 Å². The summed E-state index contributed by atoms with van der Waals surface area (Å²) in [7, 11) is 0. The van der Waals surface area contributed by atoms with Crippen molar-refractivity contribution in [2.24, 2.45) is 0 Å². The van der Waals surface area contributed by atoms with Crippen LogP contribution in [0.3, 0.4) is 0 Å². The third-order valence-corrected chi connectivity index (χ3v) is 3.24. The molecule has 2 aromatic carbocycles. The lowest BCUT2D eigenvalue weighted by Crippen LogP contribution is -2.30. The van der Waals surface area contributed by atoms with Gasteiger partial charge in [0.15, 0.2) is 0 Å². The molecule has 0 amide bonds. The number of benzene rings is 2. The van der Waals surface area contributed by atoms with Crippen molar-refractivity contribution in [3.05, 3.63) is 60.2 Å². The fraction of sp³-hybridized carbons (Fsp3) is 0.278. The zero-order chi connectivity index (χ0) is 15.8. The second-order valence-corrected chi connectivity index (χ2v) is 5.13. The molecule has 0 aromatic heterocycles. The highest BCUT2D eigenvalue weighted by Gasteiger charge is 2.12. The van der Waals surface area contributed by atoms with Gasteiger partial charge in [-0.3, -0.25) is 9.69 Å². The maximum atomic E-state index is 11.0. The van der Waals surface area contributed by atoms with Gasteiger partial charge in [0.25, 0.3) is 0 Å². The Morgan fingerprint density at radius 3 is 2.45 bits per heavy atom. The van der Waals surface area contributed by atoms with E-state index in [1.807, 2.05) is 66.4 Å². The molecule has 0 aliphatic heterocycles. The Balaban J connectivity index is 2.14. The molecule has 0 aliphatic carbocycles. The van der Waals surface area contributed by atoms with Gasteiger partial charge < -0.3 is 9.84 Å². The first-order chi connectivity index (χ1) is 10.7. The number of ether oxygens (including phenoxy) is 1. The summed E-state index contributed by atoms with van der Waals surface area (Å²) < 4.78 is 5.92. The van der Waals surface area contributed by atoms with E-state index in [2.05, 4.69) is 0 Å². The highest BCUT2D eigenvalue weighted by molar-refractivity contribution is 5.69. The molecule has 2 rings (SSSR count). The number of rotatable bonds is 8. The van der Waals surface area contributed by atoms with Gasteiger partial charge in [0.2, 0.25) is 0 Å². The van der Waals surface area contributed by atoms with Gasteiger partial charge in [-0.25, -0.2) is 0 Å². The van der Waals surface area contributed by atoms with E-state index in [-0.39, 0.29) is 6.54 Å². The van der Waals surface area contributed by atoms with Crippen LogP contribution in [-0.4, -0.2) is 29.1 Å². The minimum Gasteiger partial charge on any atom is -0.480 e. The Hall–Kier alpha value is -2.33. The molecule has 0 bridgehead atoms. The van der Waals surface area contributed by atoms with Crippen molar-refractivity contribution in [3.8, 4) is 11.5 Å². The monoisotopic (exact) mass is 299 g/mol. The van der Waals surface area contributed by atoms with Gasteiger partial charge in [0.1, 0.15) is 11.5 Å². The quantitative estimate of drug-likeness (QED) is 0.806. The first-order valence-corrected chi connectivity index (χ1v) is 7.44. The summed E-state index contributed by atoms with van der Waals surface area (Å²) in [6, 6.07) is 17.3. The molecular formula is C18H21NO3. The van der Waals surface area contributed by atoms with Crippen LogP contribution in [0.2, 0.25) is 0 Å². The van der Waals surface area contributed by atoms with Crippen molar-refractivity contribution in [2.45, 2.75) is 19.9 Å². The number of nitrogens with zero attached hydrogens (tertiary/aromatic N) is 1. The predicted octanol–water partition coefficient (Wildman–Crippen LogP) is 3.78. The van der Waals surface area contributed by atoms with Gasteiger partial charge in [-0.05, 0) is 31.2 Å². The molecule has 0 atom stereocenters. The van der Waals surface area contributed by atoms with Crippen LogP contribution in [0.15, 0.2) is 54.6 Å². The van der Waals surface area contributed by atoms with E-state index in [9.17, 15) is 4.79 Å². The average molecular weight is 299 g/mol. The van der Waals surface area contributed by atoms with Crippen molar-refractivity contribution >= 4 is 5.97 Å². The summed E-state index contributed by atoms with van der Waals surface area (Å²) in [5, 5.41) is 9.02. The summed E-state index contributed by atoms with van der Waals surface area (Å²) >= 11 is 0. The maximum Gasteiger partial charge on any atom is 0.317 e. The fourth-order valence-corrected chi connectivity index (χ4v) is 2.31. The van der Waals surface area contributed by atoms with Crippen molar-refractivity contribution in [1.29, 1.82) is 0 Å². The van der Waals surface area contributed by atoms with Crippen LogP contribution in [-0.2, 0) is 11.3 Å². The number of hydrogen-bond acceptors (Lipinski definition) is 3. The third-order valence-electron chi connectivity index (χ3n) is 3.24. The zero-order valence-corrected chi connectivity index (χ0v) is 12.7. The molecule has 116 valence electrons. The molecule has 0 saturated heterocycles. The number of hydrogen-bond donors (Lipinski definition) is 1. The molecule has 2 aromatic rings. The van der Waals surface area contributed by atoms with Gasteiger partial charge >= 0.3 is 5.97 Å². The van der Waals surface area contributed by atoms with E-state index < -0.39 is 5.97 Å². The van der Waals surface area contributed by atoms with Gasteiger partial charge in [-0.1, -0.05) is 43.3 Å². The van der Waals surface area contributed by atoms with E-state index in [0.717, 1.165) is 30.0 Å². The standard InChI is InChI=1S/C18H21NO3/c1-2-12-19(14-18(20)21)13-15-8-6-7-11-17(15)22-16-9-4-3-5-10-16/h3-11H,2,12-14H2,1H3,(H,20,21). The molecule has 0 unspecified atom stereocenters. The number of carboxylic acid groups (broad SMARTS) is 1. The van der Waals surface area contributed by atoms with Crippen LogP contribution >= 0.6 is 0 Å². The lowest BCUT2D eigenvalue weighted by atomic mass is 10.2. The molecule has 0 radical (unpaired) electrons. The first kappa shape index (κ1) is 16.0. The number of carbonyl (C=O) groups is 1. The average Bonchev–Trinajstić information content (AvgIpc) is 2.50. The van der Waals surface area contributed by atoms with Crippen molar-refractivity contribution in [3.63, 3.8) is 0 Å². The van der Waals surface area contributed by atoms with Crippen LogP contribution < -0.4 is 4.74 Å². The maximum absolute atomic E-state index is 11.0. The van der Waals surface area contributed by atoms with Crippen LogP contribution in [0.5, 0.6) is 11.5 Å². The molecule has 4 nitrogen and oxygen atoms in total. The van der Waals surface area contributed by atoms with Crippen LogP contribution in [0.25, 0.3) is 0 Å². The first-order valence-electron chi connectivity index (χ1n) is 7.44. The smallest absolute Gasteiger partial charge is 0.317 e.